The first-order chi connectivity index (χ1) is 9.60. The van der Waals surface area contributed by atoms with Gasteiger partial charge in [-0.25, -0.2) is 4.68 Å². The number of hydrogen-bond donors (Lipinski definition) is 1. The van der Waals surface area contributed by atoms with Crippen molar-refractivity contribution in [1.29, 1.82) is 0 Å². The number of benzene rings is 1. The van der Waals surface area contributed by atoms with Gasteiger partial charge in [0.1, 0.15) is 17.3 Å². The number of carbonyl (C=O) groups excluding carboxylic acids is 1. The Morgan fingerprint density at radius 3 is 2.70 bits per heavy atom. The van der Waals surface area contributed by atoms with Crippen LogP contribution < -0.4 is 10.5 Å². The number of ether oxygens (including phenoxy) is 1. The van der Waals surface area contributed by atoms with Gasteiger partial charge in [0.25, 0.3) is 0 Å². The predicted octanol–water partition coefficient (Wildman–Crippen LogP) is 2.92. The van der Waals surface area contributed by atoms with Gasteiger partial charge in [0.15, 0.2) is 6.29 Å². The van der Waals surface area contributed by atoms with Crippen molar-refractivity contribution in [3.05, 3.63) is 29.8 Å². The maximum Gasteiger partial charge on any atom is 0.156 e. The smallest absolute Gasteiger partial charge is 0.156 e. The number of carbonyl (C=O) groups is 1. The lowest BCUT2D eigenvalue weighted by Gasteiger charge is -2.08. The van der Waals surface area contributed by atoms with Crippen LogP contribution in [0, 0.1) is 0 Å². The molecule has 1 aromatic heterocycles. The van der Waals surface area contributed by atoms with E-state index in [-0.39, 0.29) is 6.04 Å². The minimum atomic E-state index is 0.0849. The highest BCUT2D eigenvalue weighted by Gasteiger charge is 2.20. The van der Waals surface area contributed by atoms with Gasteiger partial charge in [-0.1, -0.05) is 12.1 Å². The first-order valence-electron chi connectivity index (χ1n) is 6.65. The van der Waals surface area contributed by atoms with Gasteiger partial charge in [-0.05, 0) is 32.9 Å². The van der Waals surface area contributed by atoms with Crippen molar-refractivity contribution in [2.75, 3.05) is 12.3 Å². The summed E-state index contributed by atoms with van der Waals surface area (Å²) in [5.74, 6) is 1.09. The van der Waals surface area contributed by atoms with Crippen LogP contribution in [0.3, 0.4) is 0 Å². The molecule has 0 amide bonds. The molecule has 0 unspecified atom stereocenters. The Hall–Kier alpha value is -2.30. The van der Waals surface area contributed by atoms with E-state index in [1.165, 1.54) is 0 Å². The van der Waals surface area contributed by atoms with Gasteiger partial charge >= 0.3 is 0 Å². The lowest BCUT2D eigenvalue weighted by Crippen LogP contribution is -2.07. The summed E-state index contributed by atoms with van der Waals surface area (Å²) >= 11 is 0. The molecular formula is C15H19N3O2. The predicted molar refractivity (Wildman–Crippen MR) is 79.0 cm³/mol. The van der Waals surface area contributed by atoms with Crippen LogP contribution in [-0.4, -0.2) is 22.7 Å². The molecule has 0 saturated heterocycles. The third kappa shape index (κ3) is 2.39. The summed E-state index contributed by atoms with van der Waals surface area (Å²) in [5.41, 5.74) is 7.76. The van der Waals surface area contributed by atoms with Crippen LogP contribution in [0.15, 0.2) is 24.3 Å². The van der Waals surface area contributed by atoms with Crippen molar-refractivity contribution < 1.29 is 9.53 Å². The molecule has 1 aromatic carbocycles. The van der Waals surface area contributed by atoms with E-state index in [4.69, 9.17) is 10.5 Å². The molecule has 2 N–H and O–H groups in total. The second-order valence-electron chi connectivity index (χ2n) is 4.73. The van der Waals surface area contributed by atoms with E-state index in [1.807, 2.05) is 45.0 Å². The van der Waals surface area contributed by atoms with E-state index >= 15 is 0 Å². The normalized spacial score (nSPS) is 10.8. The summed E-state index contributed by atoms with van der Waals surface area (Å²) in [5, 5.41) is 4.47. The molecule has 0 saturated carbocycles. The van der Waals surface area contributed by atoms with E-state index in [0.717, 1.165) is 11.8 Å². The second-order valence-corrected chi connectivity index (χ2v) is 4.73. The summed E-state index contributed by atoms with van der Waals surface area (Å²) in [7, 11) is 0. The van der Waals surface area contributed by atoms with Gasteiger partial charge in [-0.15, -0.1) is 0 Å². The van der Waals surface area contributed by atoms with Crippen LogP contribution in [-0.2, 0) is 0 Å². The number of para-hydroxylation sites is 1. The summed E-state index contributed by atoms with van der Waals surface area (Å²) < 4.78 is 7.25. The zero-order valence-corrected chi connectivity index (χ0v) is 12.0. The van der Waals surface area contributed by atoms with Crippen LogP contribution in [0.1, 0.15) is 37.2 Å². The molecule has 0 atom stereocenters. The number of anilines is 1. The Kier molecular flexibility index (Phi) is 4.08. The first-order valence-corrected chi connectivity index (χ1v) is 6.65. The van der Waals surface area contributed by atoms with Crippen molar-refractivity contribution in [2.45, 2.75) is 26.8 Å². The highest BCUT2D eigenvalue weighted by molar-refractivity contribution is 5.92. The molecule has 0 bridgehead atoms. The maximum absolute atomic E-state index is 11.4. The fourth-order valence-electron chi connectivity index (χ4n) is 2.11. The zero-order chi connectivity index (χ0) is 14.7. The van der Waals surface area contributed by atoms with E-state index < -0.39 is 0 Å². The van der Waals surface area contributed by atoms with Crippen LogP contribution in [0.25, 0.3) is 11.3 Å². The fraction of sp³-hybridized carbons (Fsp3) is 0.333. The average Bonchev–Trinajstić information content (AvgIpc) is 2.76. The summed E-state index contributed by atoms with van der Waals surface area (Å²) in [4.78, 5) is 11.4. The third-order valence-corrected chi connectivity index (χ3v) is 3.03. The minimum Gasteiger partial charge on any atom is -0.493 e. The minimum absolute atomic E-state index is 0.0849. The molecule has 2 rings (SSSR count). The van der Waals surface area contributed by atoms with Crippen molar-refractivity contribution in [3.63, 3.8) is 0 Å². The highest BCUT2D eigenvalue weighted by Crippen LogP contribution is 2.34. The van der Waals surface area contributed by atoms with Gasteiger partial charge in [-0.3, -0.25) is 4.79 Å². The van der Waals surface area contributed by atoms with Crippen LogP contribution in [0.4, 0.5) is 5.82 Å². The standard InChI is InChI=1S/C15H19N3O2/c1-4-20-13-8-6-5-7-11(13)14-12(9-19)15(16)18(17-14)10(2)3/h5-10H,4,16H2,1-3H3. The fourth-order valence-corrected chi connectivity index (χ4v) is 2.11. The third-order valence-electron chi connectivity index (χ3n) is 3.03. The molecule has 0 aliphatic heterocycles. The number of aromatic nitrogens is 2. The Labute approximate surface area is 118 Å². The van der Waals surface area contributed by atoms with Crippen LogP contribution in [0.2, 0.25) is 0 Å². The van der Waals surface area contributed by atoms with Crippen molar-refractivity contribution >= 4 is 12.1 Å². The summed E-state index contributed by atoms with van der Waals surface area (Å²) in [6, 6.07) is 7.60. The Morgan fingerprint density at radius 2 is 2.10 bits per heavy atom. The monoisotopic (exact) mass is 273 g/mol. The molecule has 0 aliphatic rings. The first kappa shape index (κ1) is 14.1. The average molecular weight is 273 g/mol. The van der Waals surface area contributed by atoms with Gasteiger partial charge in [0.05, 0.1) is 12.2 Å². The quantitative estimate of drug-likeness (QED) is 0.850. The molecule has 0 aliphatic carbocycles. The van der Waals surface area contributed by atoms with Crippen molar-refractivity contribution in [1.82, 2.24) is 9.78 Å². The topological polar surface area (TPSA) is 70.1 Å². The Balaban J connectivity index is 2.63. The molecule has 2 aromatic rings. The summed E-state index contributed by atoms with van der Waals surface area (Å²) in [6.07, 6.45) is 0.749. The van der Waals surface area contributed by atoms with Gasteiger partial charge in [0, 0.05) is 11.6 Å². The molecule has 5 heteroatoms. The highest BCUT2D eigenvalue weighted by atomic mass is 16.5. The van der Waals surface area contributed by atoms with E-state index in [1.54, 1.807) is 4.68 Å². The lowest BCUT2D eigenvalue weighted by atomic mass is 10.1. The molecule has 5 nitrogen and oxygen atoms in total. The van der Waals surface area contributed by atoms with Crippen molar-refractivity contribution in [2.24, 2.45) is 0 Å². The zero-order valence-electron chi connectivity index (χ0n) is 12.0. The number of nitrogens with zero attached hydrogens (tertiary/aromatic N) is 2. The number of nitrogen functional groups attached to an aromatic ring is 1. The number of rotatable bonds is 5. The SMILES string of the molecule is CCOc1ccccc1-c1nn(C(C)C)c(N)c1C=O. The molecule has 20 heavy (non-hydrogen) atoms. The summed E-state index contributed by atoms with van der Waals surface area (Å²) in [6.45, 7) is 6.40. The molecule has 0 spiro atoms. The van der Waals surface area contributed by atoms with E-state index in [2.05, 4.69) is 5.10 Å². The number of hydrogen-bond acceptors (Lipinski definition) is 4. The van der Waals surface area contributed by atoms with Crippen molar-refractivity contribution in [3.8, 4) is 17.0 Å². The molecule has 106 valence electrons. The van der Waals surface area contributed by atoms with Crippen LogP contribution in [0.5, 0.6) is 5.75 Å². The van der Waals surface area contributed by atoms with E-state index in [0.29, 0.717) is 29.4 Å². The second kappa shape index (κ2) is 5.77. The lowest BCUT2D eigenvalue weighted by molar-refractivity contribution is 0.112. The van der Waals surface area contributed by atoms with Gasteiger partial charge < -0.3 is 10.5 Å². The number of aldehydes is 1. The van der Waals surface area contributed by atoms with E-state index in [9.17, 15) is 4.79 Å². The van der Waals surface area contributed by atoms with Gasteiger partial charge in [-0.2, -0.15) is 5.10 Å². The maximum atomic E-state index is 11.4. The molecule has 1 heterocycles. The Morgan fingerprint density at radius 1 is 1.40 bits per heavy atom. The molecular weight excluding hydrogens is 254 g/mol. The molecule has 0 radical (unpaired) electrons. The largest absolute Gasteiger partial charge is 0.493 e. The number of nitrogens with two attached hydrogens (primary N) is 1. The van der Waals surface area contributed by atoms with Gasteiger partial charge in [0.2, 0.25) is 0 Å². The molecule has 0 fully saturated rings. The van der Waals surface area contributed by atoms with Crippen LogP contribution >= 0.6 is 0 Å². The Bertz CT molecular complexity index is 618.